The summed E-state index contributed by atoms with van der Waals surface area (Å²) in [6.45, 7) is 4.35. The third-order valence-corrected chi connectivity index (χ3v) is 8.15. The van der Waals surface area contributed by atoms with Gasteiger partial charge in [0.25, 0.3) is 17.7 Å². The van der Waals surface area contributed by atoms with Crippen LogP contribution in [0.25, 0.3) is 0 Å². The Morgan fingerprint density at radius 2 is 1.46 bits per heavy atom. The van der Waals surface area contributed by atoms with Crippen LogP contribution < -0.4 is 10.8 Å². The molecule has 46 heavy (non-hydrogen) atoms. The molecule has 2 aromatic carbocycles. The van der Waals surface area contributed by atoms with Gasteiger partial charge >= 0.3 is 0 Å². The third-order valence-electron chi connectivity index (χ3n) is 8.15. The van der Waals surface area contributed by atoms with Crippen LogP contribution in [0, 0.1) is 11.8 Å². The number of hydroxylamine groups is 1. The summed E-state index contributed by atoms with van der Waals surface area (Å²) in [7, 11) is 2.80. The third kappa shape index (κ3) is 9.85. The Balaban J connectivity index is 1.26. The van der Waals surface area contributed by atoms with E-state index in [1.807, 2.05) is 24.3 Å². The van der Waals surface area contributed by atoms with Gasteiger partial charge in [-0.3, -0.25) is 14.4 Å². The fourth-order valence-corrected chi connectivity index (χ4v) is 5.04. The summed E-state index contributed by atoms with van der Waals surface area (Å²) in [5, 5.41) is 2.47. The lowest BCUT2D eigenvalue weighted by atomic mass is 9.96. The van der Waals surface area contributed by atoms with Gasteiger partial charge in [0.05, 0.1) is 19.8 Å². The first-order valence-electron chi connectivity index (χ1n) is 15.9. The number of likely N-dealkylation sites (N-methyl/N-ethyl adjacent to an activating group) is 2. The fraction of sp³-hybridized carbons (Fsp3) is 0.514. The molecule has 0 saturated carbocycles. The van der Waals surface area contributed by atoms with Crippen molar-refractivity contribution in [2.75, 3.05) is 47.1 Å². The number of hydrogen-bond acceptors (Lipinski definition) is 8. The zero-order valence-corrected chi connectivity index (χ0v) is 27.0. The van der Waals surface area contributed by atoms with E-state index in [9.17, 15) is 14.4 Å². The maximum atomic E-state index is 13.4. The van der Waals surface area contributed by atoms with Crippen molar-refractivity contribution in [1.29, 1.82) is 0 Å². The molecule has 0 aromatic heterocycles. The van der Waals surface area contributed by atoms with Gasteiger partial charge in [0, 0.05) is 50.4 Å². The van der Waals surface area contributed by atoms with E-state index in [4.69, 9.17) is 23.8 Å². The Bertz CT molecular complexity index is 1340. The molecule has 3 amide bonds. The van der Waals surface area contributed by atoms with Gasteiger partial charge in [-0.15, -0.1) is 0 Å². The van der Waals surface area contributed by atoms with Crippen molar-refractivity contribution in [2.24, 2.45) is 0 Å². The van der Waals surface area contributed by atoms with Crippen molar-refractivity contribution in [3.05, 3.63) is 70.8 Å². The predicted molar refractivity (Wildman–Crippen MR) is 170 cm³/mol. The lowest BCUT2D eigenvalue weighted by Crippen LogP contribution is -2.65. The summed E-state index contributed by atoms with van der Waals surface area (Å²) in [4.78, 5) is 45.9. The van der Waals surface area contributed by atoms with E-state index in [0.29, 0.717) is 44.0 Å². The molecule has 0 spiro atoms. The first-order valence-corrected chi connectivity index (χ1v) is 15.9. The molecule has 2 aliphatic rings. The molecular formula is C35H45N3O8. The molecule has 3 atom stereocenters. The van der Waals surface area contributed by atoms with Gasteiger partial charge in [0.1, 0.15) is 0 Å². The topological polar surface area (TPSA) is 125 Å². The number of hydrogen-bond donors (Lipinski definition) is 2. The fourth-order valence-electron chi connectivity index (χ4n) is 5.04. The van der Waals surface area contributed by atoms with E-state index in [-0.39, 0.29) is 6.29 Å². The standard InChI is InChI=1S/C35H45N3O8/c1-35(33(40)36-2,34(41)37-46-31-9-5-7-22-44-31)38(3)32(39)29-18-16-27(17-19-29)11-10-26-12-14-28(15-13-26)20-23-42-24-25-45-30-8-4-6-21-43-30/h12-19,30-31H,4-9,20-25H2,1-3H3,(H,36,40)(H,37,41)/t30?,31?,35-/m0/s1. The van der Waals surface area contributed by atoms with E-state index in [0.717, 1.165) is 61.2 Å². The van der Waals surface area contributed by atoms with Crippen LogP contribution in [-0.4, -0.2) is 87.9 Å². The monoisotopic (exact) mass is 635 g/mol. The minimum Gasteiger partial charge on any atom is -0.379 e. The van der Waals surface area contributed by atoms with Crippen LogP contribution in [0.3, 0.4) is 0 Å². The summed E-state index contributed by atoms with van der Waals surface area (Å²) < 4.78 is 22.4. The zero-order chi connectivity index (χ0) is 32.8. The minimum atomic E-state index is -1.88. The Hall–Kier alpha value is -3.79. The van der Waals surface area contributed by atoms with Gasteiger partial charge in [0.15, 0.2) is 18.1 Å². The number of carbonyl (C=O) groups excluding carboxylic acids is 3. The summed E-state index contributed by atoms with van der Waals surface area (Å²) >= 11 is 0. The zero-order valence-electron chi connectivity index (χ0n) is 27.0. The van der Waals surface area contributed by atoms with Gasteiger partial charge in [-0.25, -0.2) is 10.3 Å². The summed E-state index contributed by atoms with van der Waals surface area (Å²) in [6, 6.07) is 14.7. The summed E-state index contributed by atoms with van der Waals surface area (Å²) in [5.41, 5.74) is 3.46. The average Bonchev–Trinajstić information content (AvgIpc) is 3.11. The van der Waals surface area contributed by atoms with Crippen LogP contribution in [0.1, 0.15) is 72.5 Å². The van der Waals surface area contributed by atoms with Crippen LogP contribution in [0.2, 0.25) is 0 Å². The number of benzene rings is 2. The summed E-state index contributed by atoms with van der Waals surface area (Å²) in [5.74, 6) is 4.29. The second-order valence-corrected chi connectivity index (χ2v) is 11.4. The number of nitrogens with one attached hydrogen (secondary N) is 2. The second-order valence-electron chi connectivity index (χ2n) is 11.4. The normalized spacial score (nSPS) is 19.2. The van der Waals surface area contributed by atoms with Gasteiger partial charge in [-0.1, -0.05) is 24.0 Å². The molecule has 2 aliphatic heterocycles. The number of amides is 3. The summed E-state index contributed by atoms with van der Waals surface area (Å²) in [6.07, 6.45) is 5.75. The van der Waals surface area contributed by atoms with E-state index in [1.54, 1.807) is 24.3 Å². The lowest BCUT2D eigenvalue weighted by Gasteiger charge is -2.36. The van der Waals surface area contributed by atoms with Crippen molar-refractivity contribution in [3.8, 4) is 11.8 Å². The molecule has 2 saturated heterocycles. The van der Waals surface area contributed by atoms with Crippen LogP contribution in [0.4, 0.5) is 0 Å². The highest BCUT2D eigenvalue weighted by atomic mass is 16.8. The smallest absolute Gasteiger partial charge is 0.279 e. The Kier molecular flexibility index (Phi) is 13.6. The SMILES string of the molecule is CNC(=O)[C@@](C)(C(=O)NOC1CCCCO1)N(C)C(=O)c1ccc(C#Cc2ccc(CCOCCOC3CCCCO3)cc2)cc1. The molecule has 0 bridgehead atoms. The van der Waals surface area contributed by atoms with E-state index in [2.05, 4.69) is 22.6 Å². The molecular weight excluding hydrogens is 590 g/mol. The van der Waals surface area contributed by atoms with Gasteiger partial charge in [-0.2, -0.15) is 0 Å². The highest BCUT2D eigenvalue weighted by Gasteiger charge is 2.47. The van der Waals surface area contributed by atoms with Crippen LogP contribution in [0.15, 0.2) is 48.5 Å². The molecule has 2 N–H and O–H groups in total. The van der Waals surface area contributed by atoms with E-state index in [1.165, 1.54) is 21.0 Å². The maximum Gasteiger partial charge on any atom is 0.279 e. The number of rotatable bonds is 13. The minimum absolute atomic E-state index is 0.0906. The highest BCUT2D eigenvalue weighted by Crippen LogP contribution is 2.20. The Labute approximate surface area is 271 Å². The van der Waals surface area contributed by atoms with Gasteiger partial charge in [0.2, 0.25) is 0 Å². The second kappa shape index (κ2) is 17.8. The van der Waals surface area contributed by atoms with E-state index < -0.39 is 29.6 Å². The number of nitrogens with zero attached hydrogens (tertiary/aromatic N) is 1. The van der Waals surface area contributed by atoms with Gasteiger partial charge < -0.3 is 29.2 Å². The van der Waals surface area contributed by atoms with Crippen molar-refractivity contribution in [1.82, 2.24) is 15.7 Å². The quantitative estimate of drug-likeness (QED) is 0.149. The van der Waals surface area contributed by atoms with Gasteiger partial charge in [-0.05, 0) is 87.4 Å². The van der Waals surface area contributed by atoms with Crippen molar-refractivity contribution < 1.29 is 38.2 Å². The predicted octanol–water partition coefficient (Wildman–Crippen LogP) is 3.34. The molecule has 2 unspecified atom stereocenters. The highest BCUT2D eigenvalue weighted by molar-refractivity contribution is 6.12. The molecule has 0 aliphatic carbocycles. The number of ether oxygens (including phenoxy) is 4. The molecule has 11 heteroatoms. The maximum absolute atomic E-state index is 13.4. The Morgan fingerprint density at radius 3 is 2.04 bits per heavy atom. The molecule has 4 rings (SSSR count). The van der Waals surface area contributed by atoms with Crippen molar-refractivity contribution in [2.45, 2.75) is 70.0 Å². The van der Waals surface area contributed by atoms with Crippen LogP contribution in [-0.2, 0) is 39.8 Å². The molecule has 11 nitrogen and oxygen atoms in total. The first kappa shape index (κ1) is 35.1. The molecule has 2 fully saturated rings. The number of carbonyl (C=O) groups is 3. The molecule has 248 valence electrons. The molecule has 0 radical (unpaired) electrons. The van der Waals surface area contributed by atoms with E-state index >= 15 is 0 Å². The largest absolute Gasteiger partial charge is 0.379 e. The van der Waals surface area contributed by atoms with Crippen molar-refractivity contribution in [3.63, 3.8) is 0 Å². The van der Waals surface area contributed by atoms with Crippen LogP contribution in [0.5, 0.6) is 0 Å². The average molecular weight is 636 g/mol. The van der Waals surface area contributed by atoms with Crippen molar-refractivity contribution >= 4 is 17.7 Å². The van der Waals surface area contributed by atoms with Crippen LogP contribution >= 0.6 is 0 Å². The molecule has 2 heterocycles. The lowest BCUT2D eigenvalue weighted by molar-refractivity contribution is -0.204. The first-order chi connectivity index (χ1) is 22.3. The Morgan fingerprint density at radius 1 is 0.848 bits per heavy atom. The molecule has 2 aromatic rings.